The summed E-state index contributed by atoms with van der Waals surface area (Å²) in [4.78, 5) is 10.4. The predicted octanol–water partition coefficient (Wildman–Crippen LogP) is 1.25. The van der Waals surface area contributed by atoms with Crippen molar-refractivity contribution >= 4 is 18.6 Å². The van der Waals surface area contributed by atoms with E-state index in [1.165, 1.54) is 12.1 Å². The van der Waals surface area contributed by atoms with Crippen LogP contribution < -0.4 is 0 Å². The lowest BCUT2D eigenvalue weighted by molar-refractivity contribution is 0.0692. The summed E-state index contributed by atoms with van der Waals surface area (Å²) >= 11 is 3.79. The topological polar surface area (TPSA) is 81.3 Å². The van der Waals surface area contributed by atoms with E-state index >= 15 is 0 Å². The molecule has 0 atom stereocenters. The summed E-state index contributed by atoms with van der Waals surface area (Å²) in [6.07, 6.45) is 0. The minimum absolute atomic E-state index is 0.00926. The Bertz CT molecular complexity index is 409. The molecule has 0 amide bonds. The molecule has 0 radical (unpaired) electrons. The van der Waals surface area contributed by atoms with Crippen molar-refractivity contribution in [3.8, 4) is 11.8 Å². The van der Waals surface area contributed by atoms with Crippen LogP contribution in [0.1, 0.15) is 15.9 Å². The average molecular weight is 195 g/mol. The second-order valence-electron chi connectivity index (χ2n) is 2.27. The van der Waals surface area contributed by atoms with E-state index in [1.807, 2.05) is 0 Å². The van der Waals surface area contributed by atoms with Gasteiger partial charge in [0.15, 0.2) is 0 Å². The summed E-state index contributed by atoms with van der Waals surface area (Å²) in [6.45, 7) is 0. The second-order valence-corrected chi connectivity index (χ2v) is 2.72. The summed E-state index contributed by atoms with van der Waals surface area (Å²) in [7, 11) is 0. The van der Waals surface area contributed by atoms with Gasteiger partial charge in [-0.05, 0) is 12.1 Å². The number of nitriles is 1. The third-order valence-corrected chi connectivity index (χ3v) is 1.95. The molecule has 0 saturated heterocycles. The summed E-state index contributed by atoms with van der Waals surface area (Å²) in [5.41, 5.74) is -0.116. The fourth-order valence-corrected chi connectivity index (χ4v) is 1.13. The van der Waals surface area contributed by atoms with E-state index in [9.17, 15) is 9.90 Å². The number of hydrogen-bond acceptors (Lipinski definition) is 4. The maximum Gasteiger partial charge on any atom is 0.336 e. The second kappa shape index (κ2) is 3.37. The van der Waals surface area contributed by atoms with Crippen LogP contribution in [0.25, 0.3) is 0 Å². The van der Waals surface area contributed by atoms with Crippen molar-refractivity contribution in [2.24, 2.45) is 0 Å². The first-order chi connectivity index (χ1) is 6.07. The molecule has 66 valence electrons. The highest BCUT2D eigenvalue weighted by atomic mass is 32.1. The molecule has 4 nitrogen and oxygen atoms in total. The van der Waals surface area contributed by atoms with Crippen LogP contribution >= 0.6 is 12.6 Å². The Morgan fingerprint density at radius 1 is 1.54 bits per heavy atom. The van der Waals surface area contributed by atoms with Gasteiger partial charge in [-0.2, -0.15) is 5.26 Å². The zero-order chi connectivity index (χ0) is 10.0. The lowest BCUT2D eigenvalue weighted by atomic mass is 10.1. The van der Waals surface area contributed by atoms with Crippen LogP contribution in [-0.2, 0) is 0 Å². The number of phenolic OH excluding ortho intramolecular Hbond substituents is 1. The van der Waals surface area contributed by atoms with E-state index in [2.05, 4.69) is 12.6 Å². The van der Waals surface area contributed by atoms with Crippen molar-refractivity contribution in [1.82, 2.24) is 0 Å². The molecule has 2 N–H and O–H groups in total. The molecule has 0 aromatic heterocycles. The number of carbonyl (C=O) groups is 1. The Morgan fingerprint density at radius 3 is 2.62 bits per heavy atom. The highest BCUT2D eigenvalue weighted by Crippen LogP contribution is 2.28. The van der Waals surface area contributed by atoms with Crippen LogP contribution in [0.4, 0.5) is 0 Å². The van der Waals surface area contributed by atoms with Crippen molar-refractivity contribution in [3.05, 3.63) is 23.3 Å². The molecule has 0 fully saturated rings. The number of aromatic carboxylic acids is 1. The van der Waals surface area contributed by atoms with Gasteiger partial charge in [-0.25, -0.2) is 4.79 Å². The third-order valence-electron chi connectivity index (χ3n) is 1.50. The van der Waals surface area contributed by atoms with Crippen molar-refractivity contribution in [2.75, 3.05) is 0 Å². The minimum Gasteiger partial charge on any atom is -0.505 e. The number of benzene rings is 1. The normalized spacial score (nSPS) is 9.23. The smallest absolute Gasteiger partial charge is 0.336 e. The van der Waals surface area contributed by atoms with Gasteiger partial charge in [0.2, 0.25) is 0 Å². The Hall–Kier alpha value is -1.67. The van der Waals surface area contributed by atoms with Gasteiger partial charge < -0.3 is 10.2 Å². The number of carboxylic acids is 1. The molecule has 1 rings (SSSR count). The monoisotopic (exact) mass is 195 g/mol. The van der Waals surface area contributed by atoms with Crippen molar-refractivity contribution < 1.29 is 15.0 Å². The Kier molecular flexibility index (Phi) is 2.44. The number of carboxylic acid groups (broad SMARTS) is 1. The number of nitrogens with zero attached hydrogens (tertiary/aromatic N) is 1. The molecule has 0 heterocycles. The molecule has 0 saturated carbocycles. The number of rotatable bonds is 1. The molecule has 5 heteroatoms. The molecule has 0 aliphatic rings. The summed E-state index contributed by atoms with van der Waals surface area (Å²) < 4.78 is 0. The molecule has 1 aromatic rings. The highest BCUT2D eigenvalue weighted by molar-refractivity contribution is 7.80. The lowest BCUT2D eigenvalue weighted by Crippen LogP contribution is -1.98. The Morgan fingerprint density at radius 2 is 2.15 bits per heavy atom. The van der Waals surface area contributed by atoms with Crippen LogP contribution in [-0.4, -0.2) is 16.2 Å². The number of phenols is 1. The summed E-state index contributed by atoms with van der Waals surface area (Å²) in [5, 5.41) is 26.4. The van der Waals surface area contributed by atoms with Gasteiger partial charge in [-0.3, -0.25) is 0 Å². The van der Waals surface area contributed by atoms with E-state index in [0.29, 0.717) is 0 Å². The Labute approximate surface area is 79.5 Å². The first kappa shape index (κ1) is 9.42. The SMILES string of the molecule is N#Cc1ccc(C(=O)O)c(S)c1O. The van der Waals surface area contributed by atoms with Gasteiger partial charge in [-0.1, -0.05) is 0 Å². The predicted molar refractivity (Wildman–Crippen MR) is 47.0 cm³/mol. The zero-order valence-corrected chi connectivity index (χ0v) is 7.25. The zero-order valence-electron chi connectivity index (χ0n) is 6.35. The van der Waals surface area contributed by atoms with E-state index in [0.717, 1.165) is 0 Å². The van der Waals surface area contributed by atoms with Crippen molar-refractivity contribution in [1.29, 1.82) is 5.26 Å². The fraction of sp³-hybridized carbons (Fsp3) is 0. The van der Waals surface area contributed by atoms with E-state index in [4.69, 9.17) is 10.4 Å². The summed E-state index contributed by atoms with van der Waals surface area (Å²) in [5.74, 6) is -1.59. The molecule has 13 heavy (non-hydrogen) atoms. The number of hydrogen-bond donors (Lipinski definition) is 3. The van der Waals surface area contributed by atoms with Gasteiger partial charge in [-0.15, -0.1) is 12.6 Å². The molecule has 0 bridgehead atoms. The van der Waals surface area contributed by atoms with E-state index < -0.39 is 11.7 Å². The molecule has 1 aromatic carbocycles. The van der Waals surface area contributed by atoms with Crippen LogP contribution in [0.2, 0.25) is 0 Å². The minimum atomic E-state index is -1.19. The van der Waals surface area contributed by atoms with Gasteiger partial charge in [0.1, 0.15) is 11.8 Å². The molecule has 0 aliphatic heterocycles. The fourth-order valence-electron chi connectivity index (χ4n) is 0.842. The Balaban J connectivity index is 3.42. The quantitative estimate of drug-likeness (QED) is 0.589. The largest absolute Gasteiger partial charge is 0.505 e. The maximum atomic E-state index is 10.5. The first-order valence-corrected chi connectivity index (χ1v) is 3.71. The van der Waals surface area contributed by atoms with E-state index in [1.54, 1.807) is 6.07 Å². The van der Waals surface area contributed by atoms with Crippen molar-refractivity contribution in [3.63, 3.8) is 0 Å². The highest BCUT2D eigenvalue weighted by Gasteiger charge is 2.13. The number of thiol groups is 1. The third kappa shape index (κ3) is 1.58. The molecule has 0 spiro atoms. The van der Waals surface area contributed by atoms with Crippen molar-refractivity contribution in [2.45, 2.75) is 4.90 Å². The number of aromatic hydroxyl groups is 1. The van der Waals surface area contributed by atoms with Crippen LogP contribution in [0.3, 0.4) is 0 Å². The summed E-state index contributed by atoms with van der Waals surface area (Å²) in [6, 6.07) is 4.17. The molecule has 0 unspecified atom stereocenters. The average Bonchev–Trinajstić information content (AvgIpc) is 2.09. The van der Waals surface area contributed by atoms with Crippen LogP contribution in [0.15, 0.2) is 17.0 Å². The standard InChI is InChI=1S/C8H5NO3S/c9-3-4-1-2-5(8(11)12)7(13)6(4)10/h1-2,10,13H,(H,11,12). The first-order valence-electron chi connectivity index (χ1n) is 3.26. The van der Waals surface area contributed by atoms with Crippen LogP contribution in [0, 0.1) is 11.3 Å². The van der Waals surface area contributed by atoms with Gasteiger partial charge in [0.25, 0.3) is 0 Å². The molecular formula is C8H5NO3S. The maximum absolute atomic E-state index is 10.5. The van der Waals surface area contributed by atoms with Crippen LogP contribution in [0.5, 0.6) is 5.75 Å². The lowest BCUT2D eigenvalue weighted by Gasteiger charge is -2.02. The van der Waals surface area contributed by atoms with Gasteiger partial charge in [0.05, 0.1) is 16.0 Å². The van der Waals surface area contributed by atoms with E-state index in [-0.39, 0.29) is 16.0 Å². The van der Waals surface area contributed by atoms with Gasteiger partial charge >= 0.3 is 5.97 Å². The van der Waals surface area contributed by atoms with Gasteiger partial charge in [0, 0.05) is 0 Å². The molecular weight excluding hydrogens is 190 g/mol. The molecule has 0 aliphatic carbocycles.